The molecule has 0 saturated heterocycles. The predicted octanol–water partition coefficient (Wildman–Crippen LogP) is 2.81. The van der Waals surface area contributed by atoms with Crippen LogP contribution in [-0.2, 0) is 19.7 Å². The van der Waals surface area contributed by atoms with E-state index in [0.717, 1.165) is 6.42 Å². The summed E-state index contributed by atoms with van der Waals surface area (Å²) in [5.41, 5.74) is 0. The number of aliphatic hydroxyl groups is 1. The van der Waals surface area contributed by atoms with Gasteiger partial charge in [0.2, 0.25) is 0 Å². The van der Waals surface area contributed by atoms with Crippen LogP contribution in [0.1, 0.15) is 25.7 Å². The average Bonchev–Trinajstić information content (AvgIpc) is 3.05. The van der Waals surface area contributed by atoms with E-state index in [9.17, 15) is 21.9 Å². The molecule has 2 aromatic rings. The Labute approximate surface area is 154 Å². The van der Waals surface area contributed by atoms with Crippen LogP contribution in [0.3, 0.4) is 0 Å². The van der Waals surface area contributed by atoms with Crippen molar-refractivity contribution in [2.45, 2.75) is 46.2 Å². The van der Waals surface area contributed by atoms with Crippen LogP contribution in [-0.4, -0.2) is 32.6 Å². The lowest BCUT2D eigenvalue weighted by atomic mass is 10.0. The van der Waals surface area contributed by atoms with E-state index in [2.05, 4.69) is 0 Å². The van der Waals surface area contributed by atoms with Crippen LogP contribution in [0, 0.1) is 5.92 Å². The molecule has 7 heteroatoms. The quantitative estimate of drug-likeness (QED) is 0.814. The van der Waals surface area contributed by atoms with Crippen LogP contribution in [0.25, 0.3) is 0 Å². The molecule has 140 valence electrons. The lowest BCUT2D eigenvalue weighted by molar-refractivity contribution is 0.130. The van der Waals surface area contributed by atoms with E-state index in [0.29, 0.717) is 12.8 Å². The van der Waals surface area contributed by atoms with Crippen LogP contribution in [0.5, 0.6) is 0 Å². The third kappa shape index (κ3) is 3.70. The molecule has 0 radical (unpaired) electrons. The van der Waals surface area contributed by atoms with Crippen LogP contribution < -0.4 is 0 Å². The number of sulfone groups is 2. The van der Waals surface area contributed by atoms with Gasteiger partial charge in [0.05, 0.1) is 15.9 Å². The van der Waals surface area contributed by atoms with Gasteiger partial charge in [-0.15, -0.1) is 0 Å². The van der Waals surface area contributed by atoms with E-state index in [1.165, 1.54) is 24.3 Å². The van der Waals surface area contributed by atoms with Crippen LogP contribution >= 0.6 is 0 Å². The molecule has 1 N–H and O–H groups in total. The van der Waals surface area contributed by atoms with Gasteiger partial charge in [0, 0.05) is 0 Å². The van der Waals surface area contributed by atoms with Gasteiger partial charge in [-0.1, -0.05) is 42.8 Å². The van der Waals surface area contributed by atoms with Crippen molar-refractivity contribution >= 4 is 19.7 Å². The summed E-state index contributed by atoms with van der Waals surface area (Å²) >= 11 is 0. The first kappa shape index (κ1) is 19.1. The van der Waals surface area contributed by atoms with E-state index < -0.39 is 30.4 Å². The van der Waals surface area contributed by atoms with E-state index >= 15 is 0 Å². The van der Waals surface area contributed by atoms with Crippen molar-refractivity contribution in [1.82, 2.24) is 0 Å². The first-order chi connectivity index (χ1) is 12.3. The standard InChI is InChI=1S/C19H22O5S2/c20-18-13-7-8-15(18)14-19(25(21,22)16-9-3-1-4-10-16)26(23,24)17-11-5-2-6-12-17/h1-6,9-12,15,18-20H,7-8,13-14H2. The predicted molar refractivity (Wildman–Crippen MR) is 99.0 cm³/mol. The molecule has 0 aliphatic heterocycles. The van der Waals surface area contributed by atoms with E-state index in [1.54, 1.807) is 36.4 Å². The molecule has 2 unspecified atom stereocenters. The largest absolute Gasteiger partial charge is 0.393 e. The van der Waals surface area contributed by atoms with Crippen molar-refractivity contribution in [3.05, 3.63) is 60.7 Å². The summed E-state index contributed by atoms with van der Waals surface area (Å²) in [5.74, 6) is -0.336. The van der Waals surface area contributed by atoms with Crippen molar-refractivity contribution in [3.8, 4) is 0 Å². The highest BCUT2D eigenvalue weighted by Crippen LogP contribution is 2.36. The summed E-state index contributed by atoms with van der Waals surface area (Å²) < 4.78 is 51.1. The normalized spacial score (nSPS) is 21.2. The Balaban J connectivity index is 2.08. The van der Waals surface area contributed by atoms with Gasteiger partial charge in [-0.3, -0.25) is 0 Å². The number of rotatable bonds is 6. The Hall–Kier alpha value is -1.70. The molecule has 1 fully saturated rings. The zero-order valence-corrected chi connectivity index (χ0v) is 15.9. The van der Waals surface area contributed by atoms with Crippen molar-refractivity contribution in [1.29, 1.82) is 0 Å². The number of benzene rings is 2. The van der Waals surface area contributed by atoms with Crippen LogP contribution in [0.4, 0.5) is 0 Å². The van der Waals surface area contributed by atoms with Gasteiger partial charge in [0.15, 0.2) is 24.3 Å². The lowest BCUT2D eigenvalue weighted by Gasteiger charge is -2.23. The SMILES string of the molecule is O=S(=O)(c1ccccc1)C(CC1CCCC1O)S(=O)(=O)c1ccccc1. The number of hydrogen-bond acceptors (Lipinski definition) is 5. The summed E-state index contributed by atoms with van der Waals surface area (Å²) in [6.45, 7) is 0. The molecule has 0 amide bonds. The zero-order chi connectivity index (χ0) is 18.8. The van der Waals surface area contributed by atoms with Gasteiger partial charge in [0.1, 0.15) is 0 Å². The first-order valence-corrected chi connectivity index (χ1v) is 11.7. The summed E-state index contributed by atoms with van der Waals surface area (Å²) in [4.78, 5) is -0.0333. The number of hydrogen-bond donors (Lipinski definition) is 1. The molecule has 0 bridgehead atoms. The van der Waals surface area contributed by atoms with E-state index in [4.69, 9.17) is 0 Å². The van der Waals surface area contributed by atoms with Gasteiger partial charge in [-0.2, -0.15) is 0 Å². The van der Waals surface area contributed by atoms with Crippen molar-refractivity contribution in [2.24, 2.45) is 5.92 Å². The fourth-order valence-electron chi connectivity index (χ4n) is 3.48. The highest BCUT2D eigenvalue weighted by Gasteiger charge is 2.43. The molecule has 1 aliphatic carbocycles. The molecule has 2 atom stereocenters. The summed E-state index contributed by atoms with van der Waals surface area (Å²) in [7, 11) is -8.23. The molecule has 0 heterocycles. The minimum atomic E-state index is -4.12. The van der Waals surface area contributed by atoms with Gasteiger partial charge >= 0.3 is 0 Å². The summed E-state index contributed by atoms with van der Waals surface area (Å²) in [6.07, 6.45) is 1.22. The Morgan fingerprint density at radius 1 is 0.808 bits per heavy atom. The Kier molecular flexibility index (Phi) is 5.50. The lowest BCUT2D eigenvalue weighted by Crippen LogP contribution is -2.34. The maximum atomic E-state index is 13.2. The second-order valence-electron chi connectivity index (χ2n) is 6.64. The molecular formula is C19H22O5S2. The Morgan fingerprint density at radius 2 is 1.27 bits per heavy atom. The minimum absolute atomic E-state index is 0.0167. The van der Waals surface area contributed by atoms with Crippen molar-refractivity contribution in [3.63, 3.8) is 0 Å². The van der Waals surface area contributed by atoms with Crippen LogP contribution in [0.2, 0.25) is 0 Å². The number of aliphatic hydroxyl groups excluding tert-OH is 1. The maximum Gasteiger partial charge on any atom is 0.195 e. The highest BCUT2D eigenvalue weighted by atomic mass is 32.3. The monoisotopic (exact) mass is 394 g/mol. The van der Waals surface area contributed by atoms with Crippen LogP contribution in [0.15, 0.2) is 70.5 Å². The molecule has 3 rings (SSSR count). The zero-order valence-electron chi connectivity index (χ0n) is 14.2. The minimum Gasteiger partial charge on any atom is -0.393 e. The van der Waals surface area contributed by atoms with E-state index in [-0.39, 0.29) is 22.1 Å². The van der Waals surface area contributed by atoms with Gasteiger partial charge in [0.25, 0.3) is 0 Å². The Morgan fingerprint density at radius 3 is 1.65 bits per heavy atom. The van der Waals surface area contributed by atoms with Crippen molar-refractivity contribution in [2.75, 3.05) is 0 Å². The molecule has 0 spiro atoms. The molecule has 0 aromatic heterocycles. The smallest absolute Gasteiger partial charge is 0.195 e. The second-order valence-corrected chi connectivity index (χ2v) is 11.2. The molecule has 26 heavy (non-hydrogen) atoms. The van der Waals surface area contributed by atoms with Gasteiger partial charge in [-0.05, 0) is 49.4 Å². The third-order valence-corrected chi connectivity index (χ3v) is 10.1. The fraction of sp³-hybridized carbons (Fsp3) is 0.368. The summed E-state index contributed by atoms with van der Waals surface area (Å²) in [6, 6.07) is 15.3. The fourth-order valence-corrected chi connectivity index (χ4v) is 8.17. The van der Waals surface area contributed by atoms with Crippen molar-refractivity contribution < 1.29 is 21.9 Å². The van der Waals surface area contributed by atoms with Gasteiger partial charge < -0.3 is 5.11 Å². The molecule has 1 aliphatic rings. The molecule has 2 aromatic carbocycles. The molecule has 5 nitrogen and oxygen atoms in total. The highest BCUT2D eigenvalue weighted by molar-refractivity contribution is 8.09. The second kappa shape index (κ2) is 7.50. The Bertz CT molecular complexity index is 868. The summed E-state index contributed by atoms with van der Waals surface area (Å²) in [5, 5.41) is 10.1. The maximum absolute atomic E-state index is 13.2. The van der Waals surface area contributed by atoms with Gasteiger partial charge in [-0.25, -0.2) is 16.8 Å². The molecular weight excluding hydrogens is 372 g/mol. The van der Waals surface area contributed by atoms with E-state index in [1.807, 2.05) is 0 Å². The third-order valence-electron chi connectivity index (χ3n) is 4.95. The molecule has 1 saturated carbocycles. The average molecular weight is 395 g/mol. The topological polar surface area (TPSA) is 88.5 Å². The first-order valence-electron chi connectivity index (χ1n) is 8.59.